The summed E-state index contributed by atoms with van der Waals surface area (Å²) in [4.78, 5) is 1.24. The summed E-state index contributed by atoms with van der Waals surface area (Å²) >= 11 is 8.02. The van der Waals surface area contributed by atoms with Gasteiger partial charge in [0.05, 0.1) is 10.6 Å². The van der Waals surface area contributed by atoms with Crippen molar-refractivity contribution in [2.45, 2.75) is 33.1 Å². The molecule has 0 saturated heterocycles. The first kappa shape index (κ1) is 15.7. The Kier molecular flexibility index (Phi) is 4.10. The van der Waals surface area contributed by atoms with Crippen molar-refractivity contribution in [2.24, 2.45) is 0 Å². The van der Waals surface area contributed by atoms with Crippen LogP contribution < -0.4 is 5.32 Å². The summed E-state index contributed by atoms with van der Waals surface area (Å²) in [6.45, 7) is 5.22. The van der Waals surface area contributed by atoms with Crippen molar-refractivity contribution < 1.29 is 0 Å². The summed E-state index contributed by atoms with van der Waals surface area (Å²) in [5.41, 5.74) is 5.95. The van der Waals surface area contributed by atoms with Crippen molar-refractivity contribution in [1.29, 1.82) is 0 Å². The number of aromatic nitrogens is 2. The van der Waals surface area contributed by atoms with Gasteiger partial charge in [0, 0.05) is 17.1 Å². The molecular formula is C19H20ClN3S. The fourth-order valence-electron chi connectivity index (χ4n) is 3.24. The van der Waals surface area contributed by atoms with E-state index in [9.17, 15) is 0 Å². The third kappa shape index (κ3) is 2.74. The first-order chi connectivity index (χ1) is 11.6. The van der Waals surface area contributed by atoms with Crippen LogP contribution in [0, 0.1) is 13.8 Å². The molecule has 1 aromatic carbocycles. The molecule has 0 atom stereocenters. The summed E-state index contributed by atoms with van der Waals surface area (Å²) in [6.07, 6.45) is 3.44. The van der Waals surface area contributed by atoms with Crippen LogP contribution in [0.1, 0.15) is 29.5 Å². The molecule has 2 aromatic heterocycles. The molecular weight excluding hydrogens is 338 g/mol. The molecule has 3 aromatic rings. The average Bonchev–Trinajstić information content (AvgIpc) is 3.05. The third-order valence-corrected chi connectivity index (χ3v) is 5.78. The van der Waals surface area contributed by atoms with Crippen LogP contribution in [-0.4, -0.2) is 16.3 Å². The number of nitrogens with one attached hydrogen (secondary N) is 1. The van der Waals surface area contributed by atoms with Gasteiger partial charge in [-0.15, -0.1) is 11.3 Å². The van der Waals surface area contributed by atoms with Crippen LogP contribution in [-0.2, 0) is 6.42 Å². The number of benzene rings is 1. The molecule has 0 spiro atoms. The Balaban J connectivity index is 1.94. The lowest BCUT2D eigenvalue weighted by Gasteiger charge is -2.12. The predicted octanol–water partition coefficient (Wildman–Crippen LogP) is 5.62. The van der Waals surface area contributed by atoms with Gasteiger partial charge in [-0.1, -0.05) is 17.7 Å². The molecule has 0 fully saturated rings. The zero-order valence-electron chi connectivity index (χ0n) is 13.9. The minimum absolute atomic E-state index is 0.738. The molecule has 0 radical (unpaired) electrons. The topological polar surface area (TPSA) is 29.9 Å². The number of anilines is 1. The number of hydrogen-bond donors (Lipinski definition) is 1. The molecule has 24 heavy (non-hydrogen) atoms. The zero-order chi connectivity index (χ0) is 16.7. The largest absolute Gasteiger partial charge is 0.370 e. The molecule has 1 aliphatic heterocycles. The molecule has 5 heteroatoms. The fraction of sp³-hybridized carbons (Fsp3) is 0.316. The van der Waals surface area contributed by atoms with E-state index in [1.54, 1.807) is 11.3 Å². The van der Waals surface area contributed by atoms with Crippen LogP contribution in [0.4, 0.5) is 5.82 Å². The quantitative estimate of drug-likeness (QED) is 0.645. The first-order valence-corrected chi connectivity index (χ1v) is 9.57. The summed E-state index contributed by atoms with van der Waals surface area (Å²) < 4.78 is 2.05. The van der Waals surface area contributed by atoms with Gasteiger partial charge in [-0.2, -0.15) is 5.10 Å². The monoisotopic (exact) mass is 357 g/mol. The van der Waals surface area contributed by atoms with E-state index >= 15 is 0 Å². The van der Waals surface area contributed by atoms with Crippen molar-refractivity contribution in [3.63, 3.8) is 0 Å². The van der Waals surface area contributed by atoms with E-state index in [2.05, 4.69) is 36.7 Å². The highest BCUT2D eigenvalue weighted by molar-refractivity contribution is 7.13. The van der Waals surface area contributed by atoms with Crippen LogP contribution in [0.15, 0.2) is 29.6 Å². The maximum absolute atomic E-state index is 6.25. The van der Waals surface area contributed by atoms with Crippen LogP contribution in [0.2, 0.25) is 5.02 Å². The van der Waals surface area contributed by atoms with Crippen LogP contribution in [0.5, 0.6) is 0 Å². The number of fused-ring (bicyclic) bond motifs is 1. The molecule has 3 heterocycles. The zero-order valence-corrected chi connectivity index (χ0v) is 15.5. The lowest BCUT2D eigenvalue weighted by Crippen LogP contribution is -2.08. The summed E-state index contributed by atoms with van der Waals surface area (Å²) in [7, 11) is 0. The minimum atomic E-state index is 0.738. The smallest absolute Gasteiger partial charge is 0.133 e. The normalized spacial score (nSPS) is 14.1. The second kappa shape index (κ2) is 6.26. The summed E-state index contributed by atoms with van der Waals surface area (Å²) in [6, 6.07) is 8.21. The van der Waals surface area contributed by atoms with Crippen LogP contribution >= 0.6 is 22.9 Å². The van der Waals surface area contributed by atoms with Gasteiger partial charge in [-0.25, -0.2) is 4.68 Å². The Morgan fingerprint density at radius 2 is 2.08 bits per heavy atom. The highest BCUT2D eigenvalue weighted by atomic mass is 35.5. The molecule has 0 aliphatic carbocycles. The van der Waals surface area contributed by atoms with E-state index < -0.39 is 0 Å². The van der Waals surface area contributed by atoms with Gasteiger partial charge in [0.2, 0.25) is 0 Å². The van der Waals surface area contributed by atoms with Crippen molar-refractivity contribution in [3.05, 3.63) is 51.4 Å². The number of aryl methyl sites for hydroxylation is 2. The second-order valence-corrected chi connectivity index (χ2v) is 7.74. The van der Waals surface area contributed by atoms with Crippen LogP contribution in [0.25, 0.3) is 16.3 Å². The van der Waals surface area contributed by atoms with Crippen LogP contribution in [0.3, 0.4) is 0 Å². The summed E-state index contributed by atoms with van der Waals surface area (Å²) in [5.74, 6) is 1.12. The Morgan fingerprint density at radius 1 is 1.21 bits per heavy atom. The Bertz CT molecular complexity index is 894. The maximum Gasteiger partial charge on any atom is 0.133 e. The first-order valence-electron chi connectivity index (χ1n) is 8.31. The van der Waals surface area contributed by atoms with Crippen molar-refractivity contribution in [1.82, 2.24) is 9.78 Å². The number of thiophene rings is 1. The van der Waals surface area contributed by atoms with Crippen molar-refractivity contribution >= 4 is 28.8 Å². The number of hydrogen-bond acceptors (Lipinski definition) is 3. The van der Waals surface area contributed by atoms with Gasteiger partial charge in [-0.05, 0) is 67.8 Å². The molecule has 0 unspecified atom stereocenters. The van der Waals surface area contributed by atoms with E-state index in [1.165, 1.54) is 34.4 Å². The molecule has 124 valence electrons. The highest BCUT2D eigenvalue weighted by Gasteiger charge is 2.23. The van der Waals surface area contributed by atoms with E-state index in [0.29, 0.717) is 0 Å². The van der Waals surface area contributed by atoms with Gasteiger partial charge in [0.15, 0.2) is 0 Å². The van der Waals surface area contributed by atoms with Gasteiger partial charge >= 0.3 is 0 Å². The van der Waals surface area contributed by atoms with Crippen molar-refractivity contribution in [3.8, 4) is 16.3 Å². The van der Waals surface area contributed by atoms with E-state index in [0.717, 1.165) is 35.2 Å². The number of halogens is 1. The molecule has 3 nitrogen and oxygen atoms in total. The molecule has 0 bridgehead atoms. The maximum atomic E-state index is 6.25. The van der Waals surface area contributed by atoms with E-state index in [1.807, 2.05) is 16.8 Å². The van der Waals surface area contributed by atoms with Gasteiger partial charge < -0.3 is 5.32 Å². The fourth-order valence-corrected chi connectivity index (χ4v) is 4.32. The standard InChI is InChI=1S/C19H20ClN3S/c1-12-9-17(24-11-12)18-15-5-3-4-8-21-19(15)23(22-18)16-10-14(20)7-6-13(16)2/h6-7,9-11,21H,3-5,8H2,1-2H3. The highest BCUT2D eigenvalue weighted by Crippen LogP contribution is 2.37. The van der Waals surface area contributed by atoms with E-state index in [-0.39, 0.29) is 0 Å². The van der Waals surface area contributed by atoms with Gasteiger partial charge in [-0.3, -0.25) is 0 Å². The van der Waals surface area contributed by atoms with Crippen molar-refractivity contribution in [2.75, 3.05) is 11.9 Å². The Morgan fingerprint density at radius 3 is 2.88 bits per heavy atom. The molecule has 1 N–H and O–H groups in total. The lowest BCUT2D eigenvalue weighted by atomic mass is 10.1. The average molecular weight is 358 g/mol. The third-order valence-electron chi connectivity index (χ3n) is 4.49. The van der Waals surface area contributed by atoms with Gasteiger partial charge in [0.1, 0.15) is 11.5 Å². The van der Waals surface area contributed by atoms with E-state index in [4.69, 9.17) is 16.7 Å². The lowest BCUT2D eigenvalue weighted by molar-refractivity contribution is 0.780. The molecule has 0 amide bonds. The predicted molar refractivity (Wildman–Crippen MR) is 103 cm³/mol. The molecule has 1 aliphatic rings. The summed E-state index contributed by atoms with van der Waals surface area (Å²) in [5, 5.41) is 11.5. The second-order valence-electron chi connectivity index (χ2n) is 6.39. The SMILES string of the molecule is Cc1csc(-c2nn(-c3cc(Cl)ccc3C)c3c2CCCCN3)c1. The Hall–Kier alpha value is -1.78. The molecule has 0 saturated carbocycles. The Labute approximate surface area is 151 Å². The number of nitrogens with zero attached hydrogens (tertiary/aromatic N) is 2. The molecule has 4 rings (SSSR count). The van der Waals surface area contributed by atoms with Gasteiger partial charge in [0.25, 0.3) is 0 Å². The number of rotatable bonds is 2. The minimum Gasteiger partial charge on any atom is -0.370 e.